The monoisotopic (exact) mass is 546 g/mol. The van der Waals surface area contributed by atoms with Gasteiger partial charge in [-0.05, 0) is 55.9 Å². The van der Waals surface area contributed by atoms with E-state index >= 15 is 0 Å². The zero-order valence-corrected chi connectivity index (χ0v) is 23.5. The number of hydrogen-bond acceptors (Lipinski definition) is 6. The Balaban J connectivity index is 1.61. The molecule has 0 unspecified atom stereocenters. The molecule has 0 spiro atoms. The van der Waals surface area contributed by atoms with Crippen LogP contribution in [0.5, 0.6) is 11.5 Å². The third kappa shape index (κ3) is 7.11. The fourth-order valence-electron chi connectivity index (χ4n) is 4.78. The summed E-state index contributed by atoms with van der Waals surface area (Å²) in [5, 5.41) is 15.6. The lowest BCUT2D eigenvalue weighted by molar-refractivity contribution is 0.0343. The van der Waals surface area contributed by atoms with E-state index in [0.29, 0.717) is 42.3 Å². The topological polar surface area (TPSA) is 103 Å². The van der Waals surface area contributed by atoms with Gasteiger partial charge in [0.15, 0.2) is 5.75 Å². The van der Waals surface area contributed by atoms with Crippen LogP contribution in [0.4, 0.5) is 16.2 Å². The molecule has 3 aromatic rings. The van der Waals surface area contributed by atoms with E-state index in [1.54, 1.807) is 42.3 Å². The molecule has 0 aliphatic carbocycles. The molecule has 0 bridgehead atoms. The maximum Gasteiger partial charge on any atom is 0.323 e. The number of amides is 3. The highest BCUT2D eigenvalue weighted by molar-refractivity contribution is 6.04. The predicted molar refractivity (Wildman–Crippen MR) is 156 cm³/mol. The molecule has 212 valence electrons. The zero-order chi connectivity index (χ0) is 28.6. The van der Waals surface area contributed by atoms with E-state index in [1.807, 2.05) is 63.4 Å². The number of rotatable bonds is 9. The fraction of sp³-hybridized carbons (Fsp3) is 0.355. The van der Waals surface area contributed by atoms with E-state index in [4.69, 9.17) is 9.47 Å². The Morgan fingerprint density at radius 1 is 1.10 bits per heavy atom. The van der Waals surface area contributed by atoms with Gasteiger partial charge in [0, 0.05) is 31.2 Å². The van der Waals surface area contributed by atoms with Crippen LogP contribution in [0, 0.1) is 5.92 Å². The second-order valence-electron chi connectivity index (χ2n) is 10.3. The van der Waals surface area contributed by atoms with Gasteiger partial charge in [-0.3, -0.25) is 9.69 Å². The Morgan fingerprint density at radius 3 is 2.50 bits per heavy atom. The molecule has 0 radical (unpaired) electrons. The number of hydrogen-bond donors (Lipinski definition) is 3. The first kappa shape index (κ1) is 28.9. The number of aliphatic hydroxyl groups is 1. The van der Waals surface area contributed by atoms with Crippen molar-refractivity contribution < 1.29 is 24.2 Å². The fourth-order valence-corrected chi connectivity index (χ4v) is 4.78. The molecule has 9 nitrogen and oxygen atoms in total. The van der Waals surface area contributed by atoms with Gasteiger partial charge in [0.2, 0.25) is 0 Å². The number of nitrogens with zero attached hydrogens (tertiary/aromatic N) is 2. The van der Waals surface area contributed by atoms with Gasteiger partial charge >= 0.3 is 6.03 Å². The molecule has 9 heteroatoms. The van der Waals surface area contributed by atoms with Crippen molar-refractivity contribution in [3.8, 4) is 11.5 Å². The summed E-state index contributed by atoms with van der Waals surface area (Å²) in [6, 6.07) is 21.4. The lowest BCUT2D eigenvalue weighted by Gasteiger charge is -2.38. The van der Waals surface area contributed by atoms with Crippen LogP contribution in [0.1, 0.15) is 29.8 Å². The highest BCUT2D eigenvalue weighted by atomic mass is 16.5. The van der Waals surface area contributed by atoms with Crippen LogP contribution in [0.2, 0.25) is 0 Å². The molecule has 0 saturated carbocycles. The second kappa shape index (κ2) is 13.3. The normalized spacial score (nSPS) is 17.8. The van der Waals surface area contributed by atoms with Crippen molar-refractivity contribution in [2.45, 2.75) is 32.5 Å². The van der Waals surface area contributed by atoms with Crippen molar-refractivity contribution in [2.75, 3.05) is 44.5 Å². The van der Waals surface area contributed by atoms with E-state index in [0.717, 1.165) is 11.3 Å². The van der Waals surface area contributed by atoms with E-state index in [2.05, 4.69) is 15.5 Å². The molecular weight excluding hydrogens is 508 g/mol. The lowest BCUT2D eigenvalue weighted by Crippen LogP contribution is -2.49. The Kier molecular flexibility index (Phi) is 9.63. The third-order valence-corrected chi connectivity index (χ3v) is 7.07. The van der Waals surface area contributed by atoms with E-state index in [-0.39, 0.29) is 30.6 Å². The average molecular weight is 547 g/mol. The third-order valence-electron chi connectivity index (χ3n) is 7.07. The molecule has 0 saturated heterocycles. The number of aliphatic hydroxyl groups excluding tert-OH is 1. The molecule has 0 aromatic heterocycles. The summed E-state index contributed by atoms with van der Waals surface area (Å²) in [7, 11) is 3.67. The standard InChI is InChI=1S/C31H38N4O5/c1-21-17-35(22(2)20-36)30(37)26-11-8-12-27(33-31(38)32-24-9-6-5-7-10-24)29(26)40-28(21)19-34(3)18-23-13-15-25(39-4)16-14-23/h5-16,21-22,28,36H,17-20H2,1-4H3,(H2,32,33,38)/t21-,22-,28+/m0/s1. The summed E-state index contributed by atoms with van der Waals surface area (Å²) in [4.78, 5) is 30.4. The van der Waals surface area contributed by atoms with Gasteiger partial charge in [0.1, 0.15) is 11.9 Å². The van der Waals surface area contributed by atoms with Crippen molar-refractivity contribution in [1.82, 2.24) is 9.80 Å². The van der Waals surface area contributed by atoms with Crippen LogP contribution >= 0.6 is 0 Å². The Labute approximate surface area is 235 Å². The first-order valence-corrected chi connectivity index (χ1v) is 13.4. The van der Waals surface area contributed by atoms with Crippen LogP contribution in [0.15, 0.2) is 72.8 Å². The van der Waals surface area contributed by atoms with Gasteiger partial charge in [-0.15, -0.1) is 0 Å². The van der Waals surface area contributed by atoms with Gasteiger partial charge in [-0.1, -0.05) is 43.3 Å². The van der Waals surface area contributed by atoms with Crippen molar-refractivity contribution in [2.24, 2.45) is 5.92 Å². The Morgan fingerprint density at radius 2 is 1.82 bits per heavy atom. The highest BCUT2D eigenvalue weighted by Gasteiger charge is 2.34. The second-order valence-corrected chi connectivity index (χ2v) is 10.3. The van der Waals surface area contributed by atoms with Gasteiger partial charge in [0.25, 0.3) is 5.91 Å². The smallest absolute Gasteiger partial charge is 0.323 e. The highest BCUT2D eigenvalue weighted by Crippen LogP contribution is 2.35. The number of methoxy groups -OCH3 is 1. The maximum atomic E-state index is 13.7. The summed E-state index contributed by atoms with van der Waals surface area (Å²) in [5.41, 5.74) is 2.51. The van der Waals surface area contributed by atoms with Crippen LogP contribution < -0.4 is 20.1 Å². The van der Waals surface area contributed by atoms with E-state index in [9.17, 15) is 14.7 Å². The average Bonchev–Trinajstić information content (AvgIpc) is 2.95. The summed E-state index contributed by atoms with van der Waals surface area (Å²) in [6.45, 7) is 5.40. The number of carbonyl (C=O) groups is 2. The van der Waals surface area contributed by atoms with Crippen LogP contribution in [0.25, 0.3) is 0 Å². The number of likely N-dealkylation sites (N-methyl/N-ethyl adjacent to an activating group) is 1. The Hall–Kier alpha value is -4.08. The minimum atomic E-state index is -0.445. The molecular formula is C31H38N4O5. The summed E-state index contributed by atoms with van der Waals surface area (Å²) in [5.74, 6) is 0.815. The molecule has 4 rings (SSSR count). The predicted octanol–water partition coefficient (Wildman–Crippen LogP) is 4.69. The van der Waals surface area contributed by atoms with Crippen LogP contribution in [-0.4, -0.2) is 72.8 Å². The van der Waals surface area contributed by atoms with Crippen molar-refractivity contribution in [3.63, 3.8) is 0 Å². The number of para-hydroxylation sites is 2. The lowest BCUT2D eigenvalue weighted by atomic mass is 9.99. The number of benzene rings is 3. The molecule has 1 aliphatic heterocycles. The number of fused-ring (bicyclic) bond motifs is 1. The zero-order valence-electron chi connectivity index (χ0n) is 23.5. The SMILES string of the molecule is COc1ccc(CN(C)C[C@H]2Oc3c(NC(=O)Nc4ccccc4)cccc3C(=O)N([C@@H](C)CO)C[C@@H]2C)cc1. The molecule has 3 N–H and O–H groups in total. The largest absolute Gasteiger partial charge is 0.497 e. The summed E-state index contributed by atoms with van der Waals surface area (Å²) >= 11 is 0. The molecule has 3 amide bonds. The number of ether oxygens (including phenoxy) is 2. The summed E-state index contributed by atoms with van der Waals surface area (Å²) < 4.78 is 11.9. The summed E-state index contributed by atoms with van der Waals surface area (Å²) in [6.07, 6.45) is -0.302. The number of anilines is 2. The minimum Gasteiger partial charge on any atom is -0.497 e. The number of carbonyl (C=O) groups excluding carboxylic acids is 2. The molecule has 40 heavy (non-hydrogen) atoms. The molecule has 0 fully saturated rings. The molecule has 1 heterocycles. The van der Waals surface area contributed by atoms with Crippen molar-refractivity contribution >= 4 is 23.3 Å². The van der Waals surface area contributed by atoms with Crippen molar-refractivity contribution in [3.05, 3.63) is 83.9 Å². The number of nitrogens with one attached hydrogen (secondary N) is 2. The van der Waals surface area contributed by atoms with Gasteiger partial charge in [0.05, 0.1) is 31.0 Å². The van der Waals surface area contributed by atoms with Crippen molar-refractivity contribution in [1.29, 1.82) is 0 Å². The quantitative estimate of drug-likeness (QED) is 0.360. The Bertz CT molecular complexity index is 1280. The molecule has 1 aliphatic rings. The minimum absolute atomic E-state index is 0.0596. The van der Waals surface area contributed by atoms with Crippen LogP contribution in [0.3, 0.4) is 0 Å². The van der Waals surface area contributed by atoms with Gasteiger partial charge in [-0.2, -0.15) is 0 Å². The van der Waals surface area contributed by atoms with E-state index in [1.165, 1.54) is 0 Å². The first-order chi connectivity index (χ1) is 19.3. The molecule has 3 aromatic carbocycles. The first-order valence-electron chi connectivity index (χ1n) is 13.4. The molecule has 3 atom stereocenters. The maximum absolute atomic E-state index is 13.7. The van der Waals surface area contributed by atoms with E-state index < -0.39 is 6.03 Å². The number of urea groups is 1. The van der Waals surface area contributed by atoms with Gasteiger partial charge < -0.3 is 30.1 Å². The van der Waals surface area contributed by atoms with Gasteiger partial charge in [-0.25, -0.2) is 4.79 Å². The van der Waals surface area contributed by atoms with Crippen LogP contribution in [-0.2, 0) is 6.54 Å².